The van der Waals surface area contributed by atoms with Gasteiger partial charge in [-0.3, -0.25) is 9.78 Å². The molecule has 2 heterocycles. The zero-order valence-corrected chi connectivity index (χ0v) is 9.39. The summed E-state index contributed by atoms with van der Waals surface area (Å²) in [5, 5.41) is 2.83. The summed E-state index contributed by atoms with van der Waals surface area (Å²) >= 11 is 0. The van der Waals surface area contributed by atoms with Crippen LogP contribution in [-0.2, 0) is 17.8 Å². The van der Waals surface area contributed by atoms with E-state index in [0.717, 1.165) is 17.7 Å². The molecule has 0 aliphatic heterocycles. The molecule has 2 aromatic rings. The molecule has 0 aliphatic rings. The van der Waals surface area contributed by atoms with E-state index in [1.54, 1.807) is 24.9 Å². The van der Waals surface area contributed by atoms with Crippen LogP contribution in [0.5, 0.6) is 0 Å². The van der Waals surface area contributed by atoms with Gasteiger partial charge in [0.1, 0.15) is 0 Å². The molecule has 2 N–H and O–H groups in total. The summed E-state index contributed by atoms with van der Waals surface area (Å²) in [7, 11) is 0. The van der Waals surface area contributed by atoms with Crippen LogP contribution in [0.1, 0.15) is 17.7 Å². The Morgan fingerprint density at radius 2 is 2.12 bits per heavy atom. The van der Waals surface area contributed by atoms with Crippen LogP contribution in [0.15, 0.2) is 37.1 Å². The van der Waals surface area contributed by atoms with E-state index < -0.39 is 0 Å². The van der Waals surface area contributed by atoms with Crippen molar-refractivity contribution in [3.8, 4) is 0 Å². The molecule has 0 aromatic carbocycles. The molecule has 5 nitrogen and oxygen atoms in total. The summed E-state index contributed by atoms with van der Waals surface area (Å²) in [4.78, 5) is 22.3. The molecule has 0 bridgehead atoms. The smallest absolute Gasteiger partial charge is 0.220 e. The number of hydrogen-bond acceptors (Lipinski definition) is 3. The van der Waals surface area contributed by atoms with E-state index in [-0.39, 0.29) is 5.91 Å². The first kappa shape index (κ1) is 11.3. The second-order valence-electron chi connectivity index (χ2n) is 3.71. The van der Waals surface area contributed by atoms with E-state index in [9.17, 15) is 4.79 Å². The van der Waals surface area contributed by atoms with Crippen LogP contribution in [-0.4, -0.2) is 20.9 Å². The molecular formula is C12H14N4O. The lowest BCUT2D eigenvalue weighted by atomic mass is 10.1. The van der Waals surface area contributed by atoms with Crippen molar-refractivity contribution in [2.24, 2.45) is 0 Å². The first-order chi connectivity index (χ1) is 8.34. The molecule has 0 unspecified atom stereocenters. The van der Waals surface area contributed by atoms with Gasteiger partial charge in [-0.15, -0.1) is 0 Å². The van der Waals surface area contributed by atoms with Crippen LogP contribution in [0.3, 0.4) is 0 Å². The van der Waals surface area contributed by atoms with Gasteiger partial charge in [0, 0.05) is 25.0 Å². The zero-order valence-electron chi connectivity index (χ0n) is 9.39. The highest BCUT2D eigenvalue weighted by Crippen LogP contribution is 2.00. The number of aryl methyl sites for hydroxylation is 1. The van der Waals surface area contributed by atoms with Crippen LogP contribution in [0.25, 0.3) is 0 Å². The van der Waals surface area contributed by atoms with Gasteiger partial charge in [0.15, 0.2) is 0 Å². The summed E-state index contributed by atoms with van der Waals surface area (Å²) in [6.45, 7) is 0.495. The van der Waals surface area contributed by atoms with Gasteiger partial charge < -0.3 is 10.3 Å². The Morgan fingerprint density at radius 3 is 2.82 bits per heavy atom. The Morgan fingerprint density at radius 1 is 1.29 bits per heavy atom. The monoisotopic (exact) mass is 230 g/mol. The number of amides is 1. The predicted molar refractivity (Wildman–Crippen MR) is 63.0 cm³/mol. The summed E-state index contributed by atoms with van der Waals surface area (Å²) in [6.07, 6.45) is 7.98. The number of aromatic amines is 1. The average molecular weight is 230 g/mol. The standard InChI is InChI=1S/C12H14N4O/c17-12(15-8-11-7-14-9-16-11)2-1-10-3-5-13-6-4-10/h3-7,9H,1-2,8H2,(H,14,16)(H,15,17). The van der Waals surface area contributed by atoms with Crippen molar-refractivity contribution in [2.75, 3.05) is 0 Å². The summed E-state index contributed by atoms with van der Waals surface area (Å²) in [5.74, 6) is 0.0383. The number of pyridine rings is 1. The third-order valence-electron chi connectivity index (χ3n) is 2.42. The maximum atomic E-state index is 11.6. The van der Waals surface area contributed by atoms with Gasteiger partial charge in [0.25, 0.3) is 0 Å². The highest BCUT2D eigenvalue weighted by molar-refractivity contribution is 5.76. The first-order valence-electron chi connectivity index (χ1n) is 5.47. The fourth-order valence-electron chi connectivity index (χ4n) is 1.47. The van der Waals surface area contributed by atoms with Crippen LogP contribution in [0, 0.1) is 0 Å². The van der Waals surface area contributed by atoms with E-state index in [1.165, 1.54) is 0 Å². The van der Waals surface area contributed by atoms with Crippen LogP contribution in [0.4, 0.5) is 0 Å². The molecule has 5 heteroatoms. The van der Waals surface area contributed by atoms with E-state index in [0.29, 0.717) is 13.0 Å². The Bertz CT molecular complexity index is 453. The largest absolute Gasteiger partial charge is 0.350 e. The second kappa shape index (κ2) is 5.79. The number of aromatic nitrogens is 3. The molecular weight excluding hydrogens is 216 g/mol. The molecule has 0 spiro atoms. The van der Waals surface area contributed by atoms with E-state index in [1.807, 2.05) is 12.1 Å². The molecule has 2 rings (SSSR count). The van der Waals surface area contributed by atoms with E-state index in [4.69, 9.17) is 0 Å². The zero-order chi connectivity index (χ0) is 11.9. The van der Waals surface area contributed by atoms with Crippen molar-refractivity contribution in [1.82, 2.24) is 20.3 Å². The Hall–Kier alpha value is -2.17. The highest BCUT2D eigenvalue weighted by Gasteiger charge is 2.02. The lowest BCUT2D eigenvalue weighted by molar-refractivity contribution is -0.121. The third-order valence-corrected chi connectivity index (χ3v) is 2.42. The van der Waals surface area contributed by atoms with Crippen LogP contribution >= 0.6 is 0 Å². The predicted octanol–water partition coefficient (Wildman–Crippen LogP) is 1.05. The van der Waals surface area contributed by atoms with Gasteiger partial charge in [-0.1, -0.05) is 0 Å². The average Bonchev–Trinajstić information content (AvgIpc) is 2.88. The number of nitrogens with one attached hydrogen (secondary N) is 2. The molecule has 2 aromatic heterocycles. The Balaban J connectivity index is 1.71. The fourth-order valence-corrected chi connectivity index (χ4v) is 1.47. The van der Waals surface area contributed by atoms with Crippen molar-refractivity contribution in [2.45, 2.75) is 19.4 Å². The van der Waals surface area contributed by atoms with Crippen molar-refractivity contribution in [3.05, 3.63) is 48.3 Å². The number of H-pyrrole nitrogens is 1. The van der Waals surface area contributed by atoms with Crippen molar-refractivity contribution < 1.29 is 4.79 Å². The number of hydrogen-bond donors (Lipinski definition) is 2. The van der Waals surface area contributed by atoms with Gasteiger partial charge >= 0.3 is 0 Å². The number of carbonyl (C=O) groups excluding carboxylic acids is 1. The molecule has 88 valence electrons. The van der Waals surface area contributed by atoms with Gasteiger partial charge in [0.05, 0.1) is 18.6 Å². The minimum Gasteiger partial charge on any atom is -0.350 e. The number of nitrogens with zero attached hydrogens (tertiary/aromatic N) is 2. The summed E-state index contributed by atoms with van der Waals surface area (Å²) in [6, 6.07) is 3.84. The minimum atomic E-state index is 0.0383. The molecule has 0 radical (unpaired) electrons. The van der Waals surface area contributed by atoms with E-state index >= 15 is 0 Å². The number of carbonyl (C=O) groups is 1. The summed E-state index contributed by atoms with van der Waals surface area (Å²) < 4.78 is 0. The first-order valence-corrected chi connectivity index (χ1v) is 5.47. The van der Waals surface area contributed by atoms with E-state index in [2.05, 4.69) is 20.3 Å². The third kappa shape index (κ3) is 3.71. The number of rotatable bonds is 5. The normalized spacial score (nSPS) is 10.1. The Labute approximate surface area is 99.3 Å². The molecule has 0 fully saturated rings. The van der Waals surface area contributed by atoms with Gasteiger partial charge in [-0.05, 0) is 24.1 Å². The van der Waals surface area contributed by atoms with Gasteiger partial charge in [0.2, 0.25) is 5.91 Å². The van der Waals surface area contributed by atoms with Crippen molar-refractivity contribution >= 4 is 5.91 Å². The van der Waals surface area contributed by atoms with Crippen LogP contribution < -0.4 is 5.32 Å². The summed E-state index contributed by atoms with van der Waals surface area (Å²) in [5.41, 5.74) is 2.03. The van der Waals surface area contributed by atoms with Crippen molar-refractivity contribution in [1.29, 1.82) is 0 Å². The van der Waals surface area contributed by atoms with Crippen molar-refractivity contribution in [3.63, 3.8) is 0 Å². The molecule has 1 amide bonds. The molecule has 0 saturated heterocycles. The maximum Gasteiger partial charge on any atom is 0.220 e. The van der Waals surface area contributed by atoms with Crippen LogP contribution in [0.2, 0.25) is 0 Å². The maximum absolute atomic E-state index is 11.6. The lowest BCUT2D eigenvalue weighted by Crippen LogP contribution is -2.23. The molecule has 0 saturated carbocycles. The highest BCUT2D eigenvalue weighted by atomic mass is 16.1. The lowest BCUT2D eigenvalue weighted by Gasteiger charge is -2.03. The Kier molecular flexibility index (Phi) is 3.85. The fraction of sp³-hybridized carbons (Fsp3) is 0.250. The SMILES string of the molecule is O=C(CCc1ccncc1)NCc1cnc[nH]1. The number of imidazole rings is 1. The quantitative estimate of drug-likeness (QED) is 0.806. The molecule has 17 heavy (non-hydrogen) atoms. The molecule has 0 aliphatic carbocycles. The van der Waals surface area contributed by atoms with Gasteiger partial charge in [-0.2, -0.15) is 0 Å². The topological polar surface area (TPSA) is 70.7 Å². The second-order valence-corrected chi connectivity index (χ2v) is 3.71. The minimum absolute atomic E-state index is 0.0383. The molecule has 0 atom stereocenters. The van der Waals surface area contributed by atoms with Gasteiger partial charge in [-0.25, -0.2) is 4.98 Å².